The summed E-state index contributed by atoms with van der Waals surface area (Å²) in [6.07, 6.45) is 2.59. The normalized spacial score (nSPS) is 23.0. The molecule has 2 saturated heterocycles. The lowest BCUT2D eigenvalue weighted by Crippen LogP contribution is -2.48. The maximum absolute atomic E-state index is 5.60. The highest BCUT2D eigenvalue weighted by molar-refractivity contribution is 7.19. The number of morpholine rings is 2. The Balaban J connectivity index is 0.000000141. The van der Waals surface area contributed by atoms with E-state index < -0.39 is 0 Å². The molecule has 0 spiro atoms. The molecule has 6 heterocycles. The van der Waals surface area contributed by atoms with Crippen LogP contribution >= 0.6 is 22.7 Å². The van der Waals surface area contributed by atoms with E-state index in [0.717, 1.165) is 78.8 Å². The van der Waals surface area contributed by atoms with E-state index in [0.29, 0.717) is 11.8 Å². The Morgan fingerprint density at radius 1 is 0.603 bits per heavy atom. The SMILES string of the molecule is CN1Cc2cc(C(C)(C)N3CCOCC3)ccc2C(c2cc3ccccc3s2)C1.CN1Cc2cc(C3(N4CCOCC4)CC3)ccc2C(c2cc3ccccc3s2)C1. The van der Waals surface area contributed by atoms with Gasteiger partial charge >= 0.3 is 0 Å². The molecule has 0 N–H and O–H groups in total. The second kappa shape index (κ2) is 15.9. The lowest BCUT2D eigenvalue weighted by molar-refractivity contribution is -0.0118. The van der Waals surface area contributed by atoms with Crippen LogP contribution in [0.25, 0.3) is 20.2 Å². The van der Waals surface area contributed by atoms with Crippen LogP contribution in [-0.2, 0) is 33.6 Å². The fourth-order valence-corrected chi connectivity index (χ4v) is 12.8. The van der Waals surface area contributed by atoms with Gasteiger partial charge in [-0.2, -0.15) is 0 Å². The highest BCUT2D eigenvalue weighted by Crippen LogP contribution is 2.52. The van der Waals surface area contributed by atoms with Gasteiger partial charge in [-0.15, -0.1) is 22.7 Å². The third-order valence-corrected chi connectivity index (χ3v) is 16.3. The lowest BCUT2D eigenvalue weighted by atomic mass is 9.83. The molecule has 0 amide bonds. The molecular weight excluding hydrogens is 753 g/mol. The fraction of sp³-hybridized carbons (Fsp3) is 0.440. The van der Waals surface area contributed by atoms with E-state index in [1.54, 1.807) is 0 Å². The summed E-state index contributed by atoms with van der Waals surface area (Å²) in [4.78, 5) is 13.2. The fourth-order valence-electron chi connectivity index (χ4n) is 10.4. The van der Waals surface area contributed by atoms with Crippen molar-refractivity contribution in [3.8, 4) is 0 Å². The van der Waals surface area contributed by atoms with Gasteiger partial charge in [-0.25, -0.2) is 0 Å². The molecule has 2 unspecified atom stereocenters. The van der Waals surface area contributed by atoms with E-state index in [-0.39, 0.29) is 11.1 Å². The van der Waals surface area contributed by atoms with Crippen molar-refractivity contribution in [1.82, 2.24) is 19.6 Å². The minimum Gasteiger partial charge on any atom is -0.379 e. The molecule has 2 atom stereocenters. The molecule has 6 nitrogen and oxygen atoms in total. The van der Waals surface area contributed by atoms with Gasteiger partial charge in [0.05, 0.1) is 26.4 Å². The van der Waals surface area contributed by atoms with Crippen LogP contribution in [0.2, 0.25) is 0 Å². The summed E-state index contributed by atoms with van der Waals surface area (Å²) in [5, 5.41) is 2.75. The first-order chi connectivity index (χ1) is 28.2. The number of fused-ring (bicyclic) bond motifs is 4. The van der Waals surface area contributed by atoms with Crippen LogP contribution in [0.5, 0.6) is 0 Å². The second-order valence-electron chi connectivity index (χ2n) is 18.0. The molecule has 4 aromatic carbocycles. The van der Waals surface area contributed by atoms with Gasteiger partial charge in [0.2, 0.25) is 0 Å². The summed E-state index contributed by atoms with van der Waals surface area (Å²) in [6.45, 7) is 16.6. The van der Waals surface area contributed by atoms with Crippen molar-refractivity contribution in [2.75, 3.05) is 79.8 Å². The van der Waals surface area contributed by atoms with Crippen molar-refractivity contribution in [2.24, 2.45) is 0 Å². The number of ether oxygens (including phenoxy) is 2. The van der Waals surface area contributed by atoms with Gasteiger partial charge in [0.25, 0.3) is 0 Å². The van der Waals surface area contributed by atoms with Crippen LogP contribution in [0.4, 0.5) is 0 Å². The maximum Gasteiger partial charge on any atom is 0.0594 e. The quantitative estimate of drug-likeness (QED) is 0.167. The average Bonchev–Trinajstić information content (AvgIpc) is 3.76. The second-order valence-corrected chi connectivity index (χ2v) is 20.2. The first kappa shape index (κ1) is 38.7. The zero-order valence-corrected chi connectivity index (χ0v) is 36.3. The molecule has 8 heteroatoms. The third-order valence-electron chi connectivity index (χ3n) is 13.9. The van der Waals surface area contributed by atoms with E-state index in [4.69, 9.17) is 9.47 Å². The Kier molecular flexibility index (Phi) is 10.6. The summed E-state index contributed by atoms with van der Waals surface area (Å²) in [5.74, 6) is 0.940. The number of thiophene rings is 2. The Hall–Kier alpha value is -3.44. The molecule has 4 aliphatic heterocycles. The molecule has 58 heavy (non-hydrogen) atoms. The lowest BCUT2D eigenvalue weighted by Gasteiger charge is -2.42. The van der Waals surface area contributed by atoms with E-state index in [9.17, 15) is 0 Å². The Labute approximate surface area is 353 Å². The van der Waals surface area contributed by atoms with Crippen LogP contribution in [0.15, 0.2) is 97.1 Å². The third kappa shape index (κ3) is 7.38. The number of hydrogen-bond donors (Lipinski definition) is 0. The number of hydrogen-bond acceptors (Lipinski definition) is 8. The molecule has 2 aromatic heterocycles. The minimum absolute atomic E-state index is 0.0297. The van der Waals surface area contributed by atoms with Gasteiger partial charge in [-0.3, -0.25) is 9.80 Å². The number of rotatable bonds is 6. The van der Waals surface area contributed by atoms with Crippen molar-refractivity contribution in [2.45, 2.75) is 62.7 Å². The highest BCUT2D eigenvalue weighted by Gasteiger charge is 2.50. The monoisotopic (exact) mass is 810 g/mol. The first-order valence-electron chi connectivity index (χ1n) is 21.5. The molecule has 0 bridgehead atoms. The van der Waals surface area contributed by atoms with Crippen LogP contribution < -0.4 is 0 Å². The predicted octanol–water partition coefficient (Wildman–Crippen LogP) is 9.85. The molecule has 3 fully saturated rings. The maximum atomic E-state index is 5.60. The topological polar surface area (TPSA) is 31.4 Å². The van der Waals surface area contributed by atoms with Crippen molar-refractivity contribution in [3.05, 3.63) is 140 Å². The van der Waals surface area contributed by atoms with E-state index >= 15 is 0 Å². The van der Waals surface area contributed by atoms with Crippen molar-refractivity contribution < 1.29 is 9.47 Å². The summed E-state index contributed by atoms with van der Waals surface area (Å²) in [5.41, 5.74) is 9.32. The summed E-state index contributed by atoms with van der Waals surface area (Å²) in [6, 6.07) is 37.0. The molecule has 11 rings (SSSR count). The Bertz CT molecular complexity index is 2180. The smallest absolute Gasteiger partial charge is 0.0594 e. The van der Waals surface area contributed by atoms with Crippen LogP contribution in [0.3, 0.4) is 0 Å². The van der Waals surface area contributed by atoms with E-state index in [1.807, 2.05) is 22.7 Å². The van der Waals surface area contributed by atoms with E-state index in [2.05, 4.69) is 145 Å². The average molecular weight is 811 g/mol. The van der Waals surface area contributed by atoms with Crippen LogP contribution in [0.1, 0.15) is 81.7 Å². The van der Waals surface area contributed by atoms with Crippen LogP contribution in [0, 0.1) is 0 Å². The van der Waals surface area contributed by atoms with Crippen molar-refractivity contribution in [1.29, 1.82) is 0 Å². The summed E-state index contributed by atoms with van der Waals surface area (Å²) < 4.78 is 14.0. The molecule has 6 aromatic rings. The largest absolute Gasteiger partial charge is 0.379 e. The van der Waals surface area contributed by atoms with Crippen LogP contribution in [-0.4, -0.2) is 99.4 Å². The number of nitrogens with zero attached hydrogens (tertiary/aromatic N) is 4. The van der Waals surface area contributed by atoms with E-state index in [1.165, 1.54) is 76.1 Å². The summed E-state index contributed by atoms with van der Waals surface area (Å²) in [7, 11) is 4.52. The van der Waals surface area contributed by atoms with Crippen molar-refractivity contribution in [3.63, 3.8) is 0 Å². The summed E-state index contributed by atoms with van der Waals surface area (Å²) >= 11 is 3.92. The zero-order valence-electron chi connectivity index (χ0n) is 34.7. The molecule has 0 radical (unpaired) electrons. The Morgan fingerprint density at radius 3 is 1.67 bits per heavy atom. The molecule has 302 valence electrons. The minimum atomic E-state index is 0.0297. The Morgan fingerprint density at radius 2 is 1.12 bits per heavy atom. The number of likely N-dealkylation sites (N-methyl/N-ethyl adjacent to an activating group) is 2. The molecule has 1 aliphatic carbocycles. The van der Waals surface area contributed by atoms with Gasteiger partial charge in [0.1, 0.15) is 0 Å². The highest BCUT2D eigenvalue weighted by atomic mass is 32.1. The zero-order chi connectivity index (χ0) is 39.4. The van der Waals surface area contributed by atoms with Gasteiger partial charge in [-0.1, -0.05) is 72.8 Å². The van der Waals surface area contributed by atoms with Gasteiger partial charge in [0.15, 0.2) is 0 Å². The number of benzene rings is 4. The van der Waals surface area contributed by atoms with Gasteiger partial charge in [0, 0.05) is 94.4 Å². The molecule has 1 saturated carbocycles. The predicted molar refractivity (Wildman–Crippen MR) is 242 cm³/mol. The van der Waals surface area contributed by atoms with Crippen molar-refractivity contribution >= 4 is 42.8 Å². The standard InChI is InChI=1S/C25H28N2OS.C25H30N2OS/c1-26-16-19-14-20(25(8-9-25)27-10-12-28-13-11-27)6-7-21(19)22(17-26)24-15-18-4-2-3-5-23(18)29-24;1-25(2,27-10-12-28-13-11-27)20-8-9-21-19(14-20)16-26(3)17-22(21)24-15-18-6-4-5-7-23(18)29-24/h2-7,14-15,22H,8-13,16-17H2,1H3;4-9,14-15,22H,10-13,16-17H2,1-3H3. The first-order valence-corrected chi connectivity index (χ1v) is 23.1. The molecular formula is C50H58N4O2S2. The molecule has 5 aliphatic rings. The van der Waals surface area contributed by atoms with Gasteiger partial charge < -0.3 is 19.3 Å². The van der Waals surface area contributed by atoms with Gasteiger partial charge in [-0.05, 0) is 109 Å².